The van der Waals surface area contributed by atoms with Gasteiger partial charge in [0, 0.05) is 32.6 Å². The summed E-state index contributed by atoms with van der Waals surface area (Å²) in [5.74, 6) is 2.22. The van der Waals surface area contributed by atoms with Gasteiger partial charge in [-0.2, -0.15) is 0 Å². The number of carbonyl (C=O) groups is 4. The van der Waals surface area contributed by atoms with E-state index in [4.69, 9.17) is 0 Å². The third-order valence-corrected chi connectivity index (χ3v) is 7.92. The monoisotopic (exact) mass is 402 g/mol. The van der Waals surface area contributed by atoms with Crippen LogP contribution in [0.1, 0.15) is 51.4 Å². The van der Waals surface area contributed by atoms with Gasteiger partial charge in [0.15, 0.2) is 0 Å². The second-order valence-corrected chi connectivity index (χ2v) is 9.92. The van der Waals surface area contributed by atoms with Crippen molar-refractivity contribution in [1.82, 2.24) is 20.4 Å². The number of hydrogen-bond donors (Lipinski definition) is 2. The summed E-state index contributed by atoms with van der Waals surface area (Å²) in [4.78, 5) is 52.5. The lowest BCUT2D eigenvalue weighted by atomic mass is 9.49. The molecule has 6 aliphatic rings. The first-order chi connectivity index (χ1) is 13.9. The van der Waals surface area contributed by atoms with Gasteiger partial charge in [-0.25, -0.2) is 4.79 Å². The molecule has 0 aromatic carbocycles. The number of imide groups is 1. The molecule has 29 heavy (non-hydrogen) atoms. The molecule has 2 aliphatic heterocycles. The summed E-state index contributed by atoms with van der Waals surface area (Å²) in [5, 5.41) is 4.71. The Balaban J connectivity index is 1.13. The van der Waals surface area contributed by atoms with Gasteiger partial charge in [-0.1, -0.05) is 0 Å². The Hall–Kier alpha value is -2.12. The lowest BCUT2D eigenvalue weighted by Crippen LogP contribution is -2.58. The van der Waals surface area contributed by atoms with E-state index in [1.54, 1.807) is 4.90 Å². The molecule has 2 heterocycles. The van der Waals surface area contributed by atoms with Crippen LogP contribution >= 0.6 is 0 Å². The van der Waals surface area contributed by atoms with Gasteiger partial charge >= 0.3 is 6.03 Å². The molecule has 6 fully saturated rings. The molecule has 6 rings (SSSR count). The van der Waals surface area contributed by atoms with Crippen LogP contribution in [0.2, 0.25) is 0 Å². The SMILES string of the molecule is O=C1NC(=O)C(CCC(=O)N2CCN(C(=O)C34CC5CC(CC(C5)C3)C4)CC2)N1. The highest BCUT2D eigenvalue weighted by Gasteiger charge is 2.55. The van der Waals surface area contributed by atoms with Crippen molar-refractivity contribution in [1.29, 1.82) is 0 Å². The molecule has 8 heteroatoms. The Morgan fingerprint density at radius 1 is 0.897 bits per heavy atom. The maximum absolute atomic E-state index is 13.4. The van der Waals surface area contributed by atoms with Crippen LogP contribution in [0, 0.1) is 23.2 Å². The van der Waals surface area contributed by atoms with E-state index >= 15 is 0 Å². The van der Waals surface area contributed by atoms with E-state index in [0.717, 1.165) is 37.0 Å². The normalized spacial score (nSPS) is 38.2. The van der Waals surface area contributed by atoms with Crippen LogP contribution in [-0.4, -0.2) is 65.8 Å². The molecule has 1 atom stereocenters. The summed E-state index contributed by atoms with van der Waals surface area (Å²) < 4.78 is 0. The number of carbonyl (C=O) groups excluding carboxylic acids is 4. The first-order valence-corrected chi connectivity index (χ1v) is 11.1. The fourth-order valence-corrected chi connectivity index (χ4v) is 6.96. The molecule has 0 spiro atoms. The molecule has 2 N–H and O–H groups in total. The smallest absolute Gasteiger partial charge is 0.322 e. The highest BCUT2D eigenvalue weighted by molar-refractivity contribution is 6.04. The first-order valence-electron chi connectivity index (χ1n) is 11.1. The van der Waals surface area contributed by atoms with Gasteiger partial charge in [0.05, 0.1) is 5.41 Å². The van der Waals surface area contributed by atoms with E-state index in [1.807, 2.05) is 4.90 Å². The molecular formula is C21H30N4O4. The summed E-state index contributed by atoms with van der Waals surface area (Å²) in [5.41, 5.74) is -0.116. The summed E-state index contributed by atoms with van der Waals surface area (Å²) >= 11 is 0. The molecule has 2 saturated heterocycles. The Labute approximate surface area is 170 Å². The van der Waals surface area contributed by atoms with E-state index in [1.165, 1.54) is 19.3 Å². The fourth-order valence-electron chi connectivity index (χ4n) is 6.96. The van der Waals surface area contributed by atoms with E-state index in [9.17, 15) is 19.2 Å². The molecule has 4 saturated carbocycles. The third kappa shape index (κ3) is 3.40. The Bertz CT molecular complexity index is 708. The summed E-state index contributed by atoms with van der Waals surface area (Å²) in [6, 6.07) is -1.12. The minimum absolute atomic E-state index is 0.0131. The predicted molar refractivity (Wildman–Crippen MR) is 103 cm³/mol. The molecular weight excluding hydrogens is 372 g/mol. The first kappa shape index (κ1) is 18.9. The third-order valence-electron chi connectivity index (χ3n) is 7.92. The zero-order valence-electron chi connectivity index (χ0n) is 16.8. The van der Waals surface area contributed by atoms with Gasteiger partial charge in [0.2, 0.25) is 11.8 Å². The van der Waals surface area contributed by atoms with Crippen LogP contribution in [-0.2, 0) is 14.4 Å². The van der Waals surface area contributed by atoms with Crippen molar-refractivity contribution in [3.63, 3.8) is 0 Å². The lowest BCUT2D eigenvalue weighted by Gasteiger charge is -2.57. The van der Waals surface area contributed by atoms with E-state index in [-0.39, 0.29) is 23.7 Å². The summed E-state index contributed by atoms with van der Waals surface area (Å²) in [6.07, 6.45) is 7.74. The average molecular weight is 402 g/mol. The van der Waals surface area contributed by atoms with Gasteiger partial charge in [-0.3, -0.25) is 19.7 Å². The van der Waals surface area contributed by atoms with Gasteiger partial charge < -0.3 is 15.1 Å². The maximum Gasteiger partial charge on any atom is 0.322 e. The van der Waals surface area contributed by atoms with Crippen LogP contribution in [0.4, 0.5) is 4.79 Å². The Morgan fingerprint density at radius 3 is 1.97 bits per heavy atom. The van der Waals surface area contributed by atoms with Gasteiger partial charge in [0.25, 0.3) is 5.91 Å². The minimum Gasteiger partial charge on any atom is -0.339 e. The van der Waals surface area contributed by atoms with E-state index in [2.05, 4.69) is 10.6 Å². The number of nitrogens with one attached hydrogen (secondary N) is 2. The molecule has 0 aromatic heterocycles. The molecule has 1 unspecified atom stereocenters. The van der Waals surface area contributed by atoms with Crippen molar-refractivity contribution < 1.29 is 19.2 Å². The van der Waals surface area contributed by atoms with E-state index < -0.39 is 12.1 Å². The Kier molecular flexibility index (Phi) is 4.55. The average Bonchev–Trinajstić information content (AvgIpc) is 3.01. The molecule has 8 nitrogen and oxygen atoms in total. The number of urea groups is 1. The van der Waals surface area contributed by atoms with Crippen molar-refractivity contribution in [2.75, 3.05) is 26.2 Å². The number of nitrogens with zero attached hydrogens (tertiary/aromatic N) is 2. The quantitative estimate of drug-likeness (QED) is 0.682. The van der Waals surface area contributed by atoms with Crippen LogP contribution in [0.5, 0.6) is 0 Å². The van der Waals surface area contributed by atoms with Crippen molar-refractivity contribution in [3.8, 4) is 0 Å². The standard InChI is InChI=1S/C21H30N4O4/c26-17(2-1-16-18(27)23-20(29)22-16)24-3-5-25(6-4-24)19(28)21-10-13-7-14(11-21)9-15(8-13)12-21/h13-16H,1-12H2,(H2,22,23,27,29). The Morgan fingerprint density at radius 2 is 1.45 bits per heavy atom. The van der Waals surface area contributed by atoms with Crippen LogP contribution in [0.3, 0.4) is 0 Å². The van der Waals surface area contributed by atoms with Crippen LogP contribution in [0.15, 0.2) is 0 Å². The van der Waals surface area contributed by atoms with Crippen molar-refractivity contribution in [2.45, 2.75) is 57.4 Å². The maximum atomic E-state index is 13.4. The molecule has 0 radical (unpaired) electrons. The number of piperazine rings is 1. The van der Waals surface area contributed by atoms with Crippen LogP contribution < -0.4 is 10.6 Å². The molecule has 4 aliphatic carbocycles. The largest absolute Gasteiger partial charge is 0.339 e. The molecule has 0 aromatic rings. The highest BCUT2D eigenvalue weighted by Crippen LogP contribution is 2.60. The summed E-state index contributed by atoms with van der Waals surface area (Å²) in [7, 11) is 0. The molecule has 5 amide bonds. The van der Waals surface area contributed by atoms with Crippen LogP contribution in [0.25, 0.3) is 0 Å². The zero-order valence-corrected chi connectivity index (χ0v) is 16.8. The number of hydrogen-bond acceptors (Lipinski definition) is 4. The topological polar surface area (TPSA) is 98.8 Å². The van der Waals surface area contributed by atoms with Gasteiger partial charge in [0.1, 0.15) is 6.04 Å². The summed E-state index contributed by atoms with van der Waals surface area (Å²) in [6.45, 7) is 2.32. The van der Waals surface area contributed by atoms with Crippen molar-refractivity contribution in [3.05, 3.63) is 0 Å². The highest BCUT2D eigenvalue weighted by atomic mass is 16.2. The zero-order chi connectivity index (χ0) is 20.2. The predicted octanol–water partition coefficient (Wildman–Crippen LogP) is 0.862. The van der Waals surface area contributed by atoms with Crippen molar-refractivity contribution in [2.24, 2.45) is 23.2 Å². The number of amides is 5. The number of rotatable bonds is 4. The molecule has 4 bridgehead atoms. The molecule has 158 valence electrons. The van der Waals surface area contributed by atoms with E-state index in [0.29, 0.717) is 38.5 Å². The minimum atomic E-state index is -0.620. The second kappa shape index (κ2) is 6.99. The second-order valence-electron chi connectivity index (χ2n) is 9.92. The van der Waals surface area contributed by atoms with Gasteiger partial charge in [-0.05, 0) is 62.7 Å². The van der Waals surface area contributed by atoms with Crippen molar-refractivity contribution >= 4 is 23.8 Å². The fraction of sp³-hybridized carbons (Fsp3) is 0.810. The van der Waals surface area contributed by atoms with Gasteiger partial charge in [-0.15, -0.1) is 0 Å². The lowest BCUT2D eigenvalue weighted by molar-refractivity contribution is -0.160.